The van der Waals surface area contributed by atoms with E-state index in [1.165, 1.54) is 12.1 Å². The summed E-state index contributed by atoms with van der Waals surface area (Å²) in [6, 6.07) is 3.62. The van der Waals surface area contributed by atoms with Crippen molar-refractivity contribution in [3.05, 3.63) is 29.8 Å². The summed E-state index contributed by atoms with van der Waals surface area (Å²) in [5, 5.41) is 0. The molecule has 0 atom stereocenters. The van der Waals surface area contributed by atoms with Gasteiger partial charge in [0, 0.05) is 6.61 Å². The molecule has 1 aromatic carbocycles. The Morgan fingerprint density at radius 1 is 0.880 bits per heavy atom. The summed E-state index contributed by atoms with van der Waals surface area (Å²) in [5.74, 6) is 0. The Labute approximate surface area is 145 Å². The molecular formula is C18H25F5OS. The molecule has 7 heteroatoms. The summed E-state index contributed by atoms with van der Waals surface area (Å²) >= 11 is 0. The van der Waals surface area contributed by atoms with Crippen LogP contribution < -0.4 is 0 Å². The van der Waals surface area contributed by atoms with E-state index in [0.29, 0.717) is 12.1 Å². The highest BCUT2D eigenvalue weighted by molar-refractivity contribution is 8.45. The Kier molecular flexibility index (Phi) is 4.05. The molecule has 0 aromatic heterocycles. The van der Waals surface area contributed by atoms with Crippen LogP contribution in [0.4, 0.5) is 19.4 Å². The van der Waals surface area contributed by atoms with Gasteiger partial charge in [-0.2, -0.15) is 0 Å². The smallest absolute Gasteiger partial charge is 0.310 e. The lowest BCUT2D eigenvalue weighted by molar-refractivity contribution is -0.119. The van der Waals surface area contributed by atoms with Crippen LogP contribution in [0.25, 0.3) is 0 Å². The van der Waals surface area contributed by atoms with Crippen LogP contribution in [0.15, 0.2) is 29.2 Å². The maximum Gasteiger partial charge on any atom is 0.310 e. The molecule has 0 spiro atoms. The zero-order valence-corrected chi connectivity index (χ0v) is 15.2. The van der Waals surface area contributed by atoms with E-state index in [9.17, 15) is 19.4 Å². The van der Waals surface area contributed by atoms with Gasteiger partial charge in [-0.1, -0.05) is 44.9 Å². The predicted molar refractivity (Wildman–Crippen MR) is 90.8 cm³/mol. The maximum atomic E-state index is 12.9. The lowest BCUT2D eigenvalue weighted by Crippen LogP contribution is -2.49. The van der Waals surface area contributed by atoms with Gasteiger partial charge in [0.15, 0.2) is 0 Å². The van der Waals surface area contributed by atoms with Gasteiger partial charge >= 0.3 is 10.2 Å². The number of hydrogen-bond acceptors (Lipinski definition) is 1. The van der Waals surface area contributed by atoms with Crippen LogP contribution in [-0.4, -0.2) is 12.2 Å². The van der Waals surface area contributed by atoms with E-state index in [-0.39, 0.29) is 11.0 Å². The third kappa shape index (κ3) is 3.82. The summed E-state index contributed by atoms with van der Waals surface area (Å²) in [4.78, 5) is -1.80. The van der Waals surface area contributed by atoms with E-state index in [0.717, 1.165) is 63.5 Å². The fraction of sp³-hybridized carbons (Fsp3) is 0.667. The highest BCUT2D eigenvalue weighted by Gasteiger charge is 2.65. The second kappa shape index (κ2) is 5.35. The average Bonchev–Trinajstić information content (AvgIpc) is 2.55. The first kappa shape index (κ1) is 19.0. The van der Waals surface area contributed by atoms with Crippen LogP contribution in [0.5, 0.6) is 0 Å². The SMILES string of the molecule is CCCCOC12CCC(c3ccc(S(F)(F)(F)(F)F)cc3)(CC1)CC2. The molecule has 0 aliphatic heterocycles. The van der Waals surface area contributed by atoms with Crippen LogP contribution in [0.2, 0.25) is 0 Å². The van der Waals surface area contributed by atoms with Gasteiger partial charge in [0.25, 0.3) is 0 Å². The number of unbranched alkanes of at least 4 members (excludes halogenated alkanes) is 1. The molecule has 1 nitrogen and oxygen atoms in total. The minimum atomic E-state index is -9.59. The first-order valence-electron chi connectivity index (χ1n) is 8.87. The van der Waals surface area contributed by atoms with Gasteiger partial charge in [0.1, 0.15) is 4.90 Å². The van der Waals surface area contributed by atoms with Crippen molar-refractivity contribution < 1.29 is 24.2 Å². The van der Waals surface area contributed by atoms with Crippen molar-refractivity contribution in [3.63, 3.8) is 0 Å². The molecule has 1 aromatic rings. The molecule has 0 heterocycles. The van der Waals surface area contributed by atoms with Crippen molar-refractivity contribution >= 4 is 10.2 Å². The van der Waals surface area contributed by atoms with Crippen molar-refractivity contribution in [3.8, 4) is 0 Å². The molecule has 25 heavy (non-hydrogen) atoms. The Bertz CT molecular complexity index is 613. The third-order valence-corrected chi connectivity index (χ3v) is 7.16. The van der Waals surface area contributed by atoms with Gasteiger partial charge in [-0.3, -0.25) is 0 Å². The van der Waals surface area contributed by atoms with Crippen molar-refractivity contribution in [2.75, 3.05) is 6.61 Å². The zero-order valence-electron chi connectivity index (χ0n) is 14.4. The Hall–Kier alpha value is -0.820. The molecule has 3 saturated carbocycles. The molecular weight excluding hydrogens is 359 g/mol. The summed E-state index contributed by atoms with van der Waals surface area (Å²) in [7, 11) is -9.59. The highest BCUT2D eigenvalue weighted by atomic mass is 32.5. The van der Waals surface area contributed by atoms with Crippen molar-refractivity contribution in [1.29, 1.82) is 0 Å². The second-order valence-electron chi connectivity index (χ2n) is 7.66. The minimum absolute atomic E-state index is 0.0826. The minimum Gasteiger partial charge on any atom is -0.375 e. The lowest BCUT2D eigenvalue weighted by Gasteiger charge is -2.53. The summed E-state index contributed by atoms with van der Waals surface area (Å²) in [5.41, 5.74) is 0.479. The van der Waals surface area contributed by atoms with E-state index in [4.69, 9.17) is 4.74 Å². The highest BCUT2D eigenvalue weighted by Crippen LogP contribution is 3.02. The molecule has 0 radical (unpaired) electrons. The lowest BCUT2D eigenvalue weighted by atomic mass is 9.56. The van der Waals surface area contributed by atoms with Gasteiger partial charge in [0.05, 0.1) is 5.60 Å². The zero-order chi connectivity index (χ0) is 18.5. The van der Waals surface area contributed by atoms with Crippen molar-refractivity contribution in [2.24, 2.45) is 0 Å². The monoisotopic (exact) mass is 384 g/mol. The number of rotatable bonds is 6. The van der Waals surface area contributed by atoms with Crippen LogP contribution in [-0.2, 0) is 10.2 Å². The van der Waals surface area contributed by atoms with Crippen LogP contribution >= 0.6 is 10.2 Å². The normalized spacial score (nSPS) is 32.2. The fourth-order valence-corrected chi connectivity index (χ4v) is 4.95. The van der Waals surface area contributed by atoms with E-state index >= 15 is 0 Å². The van der Waals surface area contributed by atoms with Crippen molar-refractivity contribution in [1.82, 2.24) is 0 Å². The molecule has 144 valence electrons. The summed E-state index contributed by atoms with van der Waals surface area (Å²) in [6.45, 7) is 2.87. The Balaban J connectivity index is 1.75. The second-order valence-corrected chi connectivity index (χ2v) is 10.1. The number of ether oxygens (including phenoxy) is 1. The quantitative estimate of drug-likeness (QED) is 0.364. The molecule has 0 unspecified atom stereocenters. The predicted octanol–water partition coefficient (Wildman–Crippen LogP) is 7.51. The Morgan fingerprint density at radius 3 is 1.84 bits per heavy atom. The van der Waals surface area contributed by atoms with Crippen LogP contribution in [0.1, 0.15) is 63.9 Å². The molecule has 0 N–H and O–H groups in total. The Morgan fingerprint density at radius 2 is 1.40 bits per heavy atom. The van der Waals surface area contributed by atoms with E-state index in [1.54, 1.807) is 0 Å². The molecule has 0 saturated heterocycles. The third-order valence-electron chi connectivity index (χ3n) is 6.00. The fourth-order valence-electron chi connectivity index (χ4n) is 4.30. The summed E-state index contributed by atoms with van der Waals surface area (Å²) in [6.07, 6.45) is 7.31. The number of fused-ring (bicyclic) bond motifs is 3. The van der Waals surface area contributed by atoms with Gasteiger partial charge in [0.2, 0.25) is 0 Å². The molecule has 0 amide bonds. The van der Waals surface area contributed by atoms with Gasteiger partial charge in [-0.25, -0.2) is 0 Å². The average molecular weight is 384 g/mol. The van der Waals surface area contributed by atoms with E-state index in [1.807, 2.05) is 0 Å². The molecule has 3 aliphatic rings. The molecule has 3 aliphatic carbocycles. The van der Waals surface area contributed by atoms with E-state index in [2.05, 4.69) is 6.92 Å². The number of benzene rings is 1. The maximum absolute atomic E-state index is 12.9. The molecule has 3 fully saturated rings. The van der Waals surface area contributed by atoms with Crippen LogP contribution in [0.3, 0.4) is 0 Å². The first-order valence-corrected chi connectivity index (χ1v) is 10.8. The van der Waals surface area contributed by atoms with Crippen LogP contribution in [0, 0.1) is 0 Å². The topological polar surface area (TPSA) is 9.23 Å². The number of halogens is 5. The molecule has 2 bridgehead atoms. The first-order chi connectivity index (χ1) is 11.4. The van der Waals surface area contributed by atoms with Gasteiger partial charge < -0.3 is 4.74 Å². The molecule has 4 rings (SSSR count). The van der Waals surface area contributed by atoms with Gasteiger partial charge in [-0.15, -0.1) is 0 Å². The van der Waals surface area contributed by atoms with E-state index < -0.39 is 15.1 Å². The van der Waals surface area contributed by atoms with Crippen molar-refractivity contribution in [2.45, 2.75) is 74.2 Å². The summed E-state index contributed by atoms with van der Waals surface area (Å²) < 4.78 is 70.6. The largest absolute Gasteiger partial charge is 0.375 e. The standard InChI is InChI=1S/C18H25F5OS/c1-2-3-14-24-18-11-8-17(9-12-18,10-13-18)15-4-6-16(7-5-15)25(19,20,21,22)23/h4-7H,2-3,8-14H2,1H3. The van der Waals surface area contributed by atoms with Gasteiger partial charge in [-0.05, 0) is 68.1 Å². The number of hydrogen-bond donors (Lipinski definition) is 0.